The fraction of sp³-hybridized carbons (Fsp3) is 0.350. The highest BCUT2D eigenvalue weighted by molar-refractivity contribution is 7.89. The Morgan fingerprint density at radius 1 is 1.00 bits per heavy atom. The van der Waals surface area contributed by atoms with Crippen LogP contribution in [0.3, 0.4) is 0 Å². The Bertz CT molecular complexity index is 850. The molecular formula is C20H28N3O3S+. The van der Waals surface area contributed by atoms with Gasteiger partial charge < -0.3 is 10.2 Å². The van der Waals surface area contributed by atoms with Gasteiger partial charge in [-0.2, -0.15) is 0 Å². The predicted molar refractivity (Wildman–Crippen MR) is 107 cm³/mol. The van der Waals surface area contributed by atoms with E-state index in [4.69, 9.17) is 0 Å². The molecule has 0 spiro atoms. The first-order valence-electron chi connectivity index (χ1n) is 8.98. The minimum Gasteiger partial charge on any atom is -0.324 e. The van der Waals surface area contributed by atoms with Gasteiger partial charge in [0.15, 0.2) is 6.04 Å². The molecule has 0 aliphatic heterocycles. The number of carbonyl (C=O) groups excluding carboxylic acids is 1. The number of anilines is 1. The second-order valence-corrected chi connectivity index (χ2v) is 8.73. The molecule has 0 fully saturated rings. The van der Waals surface area contributed by atoms with Crippen molar-refractivity contribution in [1.82, 2.24) is 4.72 Å². The van der Waals surface area contributed by atoms with Crippen LogP contribution in [0.2, 0.25) is 0 Å². The molecule has 1 unspecified atom stereocenters. The van der Waals surface area contributed by atoms with Gasteiger partial charge in [0.1, 0.15) is 6.54 Å². The number of sulfonamides is 1. The van der Waals surface area contributed by atoms with E-state index in [-0.39, 0.29) is 22.9 Å². The second kappa shape index (κ2) is 9.12. The maximum absolute atomic E-state index is 12.5. The third kappa shape index (κ3) is 6.16. The standard InChI is InChI=1S/C20H27N3O3S/c1-15(2)22-27(25,26)19-12-10-18(11-13-19)21-20(24)16(3)23(4)14-17-8-6-5-7-9-17/h5-13,15-16,22H,14H2,1-4H3,(H,21,24)/p+1/t16-/m0/s1. The molecule has 0 radical (unpaired) electrons. The molecule has 7 heteroatoms. The number of benzene rings is 2. The van der Waals surface area contributed by atoms with Crippen LogP contribution in [-0.4, -0.2) is 33.5 Å². The Kier molecular flexibility index (Phi) is 7.12. The minimum absolute atomic E-state index is 0.112. The molecule has 0 heterocycles. The Balaban J connectivity index is 1.98. The lowest BCUT2D eigenvalue weighted by Crippen LogP contribution is -3.12. The Hall–Kier alpha value is -2.22. The van der Waals surface area contributed by atoms with Crippen LogP contribution in [0.25, 0.3) is 0 Å². The van der Waals surface area contributed by atoms with Gasteiger partial charge in [-0.3, -0.25) is 4.79 Å². The molecule has 3 N–H and O–H groups in total. The van der Waals surface area contributed by atoms with Gasteiger partial charge in [0.2, 0.25) is 10.0 Å². The zero-order valence-electron chi connectivity index (χ0n) is 16.2. The molecule has 1 amide bonds. The Morgan fingerprint density at radius 2 is 1.59 bits per heavy atom. The highest BCUT2D eigenvalue weighted by Crippen LogP contribution is 2.14. The smallest absolute Gasteiger partial charge is 0.282 e. The summed E-state index contributed by atoms with van der Waals surface area (Å²) in [5.41, 5.74) is 1.74. The fourth-order valence-corrected chi connectivity index (χ4v) is 3.89. The highest BCUT2D eigenvalue weighted by atomic mass is 32.2. The molecule has 0 saturated carbocycles. The zero-order valence-corrected chi connectivity index (χ0v) is 17.0. The van der Waals surface area contributed by atoms with Crippen molar-refractivity contribution >= 4 is 21.6 Å². The van der Waals surface area contributed by atoms with Gasteiger partial charge in [-0.15, -0.1) is 0 Å². The van der Waals surface area contributed by atoms with Crippen LogP contribution in [0.5, 0.6) is 0 Å². The van der Waals surface area contributed by atoms with E-state index in [9.17, 15) is 13.2 Å². The number of quaternary nitrogens is 1. The monoisotopic (exact) mass is 390 g/mol. The van der Waals surface area contributed by atoms with E-state index >= 15 is 0 Å². The van der Waals surface area contributed by atoms with Crippen molar-refractivity contribution < 1.29 is 18.1 Å². The predicted octanol–water partition coefficient (Wildman–Crippen LogP) is 1.42. The lowest BCUT2D eigenvalue weighted by molar-refractivity contribution is -0.907. The topological polar surface area (TPSA) is 79.7 Å². The molecule has 27 heavy (non-hydrogen) atoms. The Morgan fingerprint density at radius 3 is 2.15 bits per heavy atom. The lowest BCUT2D eigenvalue weighted by Gasteiger charge is -2.21. The number of carbonyl (C=O) groups is 1. The third-order valence-electron chi connectivity index (χ3n) is 4.28. The summed E-state index contributed by atoms with van der Waals surface area (Å²) >= 11 is 0. The highest BCUT2D eigenvalue weighted by Gasteiger charge is 2.22. The normalized spacial score (nSPS) is 14.0. The summed E-state index contributed by atoms with van der Waals surface area (Å²) in [6.07, 6.45) is 0. The molecule has 6 nitrogen and oxygen atoms in total. The van der Waals surface area contributed by atoms with Crippen LogP contribution < -0.4 is 14.9 Å². The van der Waals surface area contributed by atoms with Gasteiger partial charge in [-0.1, -0.05) is 30.3 Å². The van der Waals surface area contributed by atoms with Crippen LogP contribution in [0, 0.1) is 0 Å². The number of rotatable bonds is 8. The molecule has 2 rings (SSSR count). The second-order valence-electron chi connectivity index (χ2n) is 7.02. The van der Waals surface area contributed by atoms with Crippen molar-refractivity contribution in [2.24, 2.45) is 0 Å². The number of hydrogen-bond acceptors (Lipinski definition) is 3. The van der Waals surface area contributed by atoms with Gasteiger partial charge >= 0.3 is 0 Å². The van der Waals surface area contributed by atoms with Crippen molar-refractivity contribution in [3.63, 3.8) is 0 Å². The number of amides is 1. The number of likely N-dealkylation sites (N-methyl/N-ethyl adjacent to an activating group) is 1. The Labute approximate surface area is 161 Å². The van der Waals surface area contributed by atoms with Crippen molar-refractivity contribution in [2.75, 3.05) is 12.4 Å². The summed E-state index contributed by atoms with van der Waals surface area (Å²) in [5, 5.41) is 2.85. The van der Waals surface area contributed by atoms with Crippen molar-refractivity contribution in [1.29, 1.82) is 0 Å². The van der Waals surface area contributed by atoms with Crippen molar-refractivity contribution in [3.8, 4) is 0 Å². The molecule has 0 aliphatic carbocycles. The van der Waals surface area contributed by atoms with E-state index in [0.717, 1.165) is 11.4 Å². The summed E-state index contributed by atoms with van der Waals surface area (Å²) in [6.45, 7) is 6.15. The molecule has 2 atom stereocenters. The SMILES string of the molecule is CC(C)NS(=O)(=O)c1ccc(NC(=O)[C@H](C)[NH+](C)Cc2ccccc2)cc1. The quantitative estimate of drug-likeness (QED) is 0.638. The summed E-state index contributed by atoms with van der Waals surface area (Å²) in [6, 6.07) is 15.8. The van der Waals surface area contributed by atoms with E-state index in [2.05, 4.69) is 10.0 Å². The largest absolute Gasteiger partial charge is 0.324 e. The van der Waals surface area contributed by atoms with Gasteiger partial charge in [0, 0.05) is 17.3 Å². The first-order valence-corrected chi connectivity index (χ1v) is 10.5. The summed E-state index contributed by atoms with van der Waals surface area (Å²) in [7, 11) is -1.56. The van der Waals surface area contributed by atoms with Gasteiger partial charge in [-0.25, -0.2) is 13.1 Å². The van der Waals surface area contributed by atoms with E-state index in [1.54, 1.807) is 26.0 Å². The number of nitrogens with one attached hydrogen (secondary N) is 3. The van der Waals surface area contributed by atoms with Crippen molar-refractivity contribution in [2.45, 2.75) is 44.3 Å². The van der Waals surface area contributed by atoms with Gasteiger partial charge in [0.25, 0.3) is 5.91 Å². The average molecular weight is 391 g/mol. The van der Waals surface area contributed by atoms with Crippen LogP contribution in [0.4, 0.5) is 5.69 Å². The summed E-state index contributed by atoms with van der Waals surface area (Å²) in [5.74, 6) is -0.112. The van der Waals surface area contributed by atoms with E-state index in [1.165, 1.54) is 17.7 Å². The first-order chi connectivity index (χ1) is 12.7. The lowest BCUT2D eigenvalue weighted by atomic mass is 10.2. The molecule has 0 aliphatic rings. The molecular weight excluding hydrogens is 362 g/mol. The first kappa shape index (κ1) is 21.1. The molecule has 2 aromatic rings. The van der Waals surface area contributed by atoms with Crippen LogP contribution in [0.15, 0.2) is 59.5 Å². The minimum atomic E-state index is -3.54. The maximum atomic E-state index is 12.5. The summed E-state index contributed by atoms with van der Waals surface area (Å²) < 4.78 is 26.8. The van der Waals surface area contributed by atoms with Gasteiger partial charge in [0.05, 0.1) is 11.9 Å². The van der Waals surface area contributed by atoms with Crippen molar-refractivity contribution in [3.05, 3.63) is 60.2 Å². The van der Waals surface area contributed by atoms with E-state index in [1.807, 2.05) is 44.3 Å². The molecule has 0 bridgehead atoms. The van der Waals surface area contributed by atoms with E-state index in [0.29, 0.717) is 5.69 Å². The number of hydrogen-bond donors (Lipinski definition) is 3. The molecule has 146 valence electrons. The molecule has 0 saturated heterocycles. The molecule has 0 aromatic heterocycles. The van der Waals surface area contributed by atoms with Crippen LogP contribution in [-0.2, 0) is 21.4 Å². The maximum Gasteiger partial charge on any atom is 0.282 e. The van der Waals surface area contributed by atoms with Crippen LogP contribution in [0.1, 0.15) is 26.3 Å². The average Bonchev–Trinajstić information content (AvgIpc) is 2.61. The van der Waals surface area contributed by atoms with Gasteiger partial charge in [-0.05, 0) is 45.0 Å². The third-order valence-corrected chi connectivity index (χ3v) is 5.96. The van der Waals surface area contributed by atoms with E-state index < -0.39 is 10.0 Å². The zero-order chi connectivity index (χ0) is 20.0. The van der Waals surface area contributed by atoms with Crippen LogP contribution >= 0.6 is 0 Å². The summed E-state index contributed by atoms with van der Waals surface area (Å²) in [4.78, 5) is 13.8. The fourth-order valence-electron chi connectivity index (χ4n) is 2.64. The molecule has 2 aromatic carbocycles.